The van der Waals surface area contributed by atoms with E-state index in [1.165, 1.54) is 0 Å². The number of hydrogen-bond acceptors (Lipinski definition) is 4. The number of sulfone groups is 1. The summed E-state index contributed by atoms with van der Waals surface area (Å²) in [4.78, 5) is 0. The van der Waals surface area contributed by atoms with E-state index in [-0.39, 0.29) is 11.7 Å². The van der Waals surface area contributed by atoms with Crippen LogP contribution in [0.2, 0.25) is 0 Å². The lowest BCUT2D eigenvalue weighted by molar-refractivity contribution is 0.142. The van der Waals surface area contributed by atoms with Crippen LogP contribution in [0.15, 0.2) is 0 Å². The molecular weight excluding hydrogens is 178 g/mol. The standard InChI is InChI=1S/C7H15NO3S/c1-7(2)6(5-8-9)3-4-12(7,10)11/h6,8-9H,3-5H2,1-2H3. The summed E-state index contributed by atoms with van der Waals surface area (Å²) in [5.74, 6) is 0.263. The molecule has 1 aliphatic heterocycles. The van der Waals surface area contributed by atoms with Crippen molar-refractivity contribution in [2.24, 2.45) is 5.92 Å². The fourth-order valence-corrected chi connectivity index (χ4v) is 3.45. The molecule has 1 aliphatic rings. The third-order valence-corrected chi connectivity index (χ3v) is 5.57. The van der Waals surface area contributed by atoms with Gasteiger partial charge in [0, 0.05) is 6.54 Å². The van der Waals surface area contributed by atoms with Gasteiger partial charge in [0.1, 0.15) is 0 Å². The summed E-state index contributed by atoms with van der Waals surface area (Å²) in [5, 5.41) is 8.48. The zero-order valence-electron chi connectivity index (χ0n) is 7.37. The van der Waals surface area contributed by atoms with Gasteiger partial charge in [-0.3, -0.25) is 0 Å². The Hall–Kier alpha value is -0.130. The average Bonchev–Trinajstić information content (AvgIpc) is 2.13. The molecule has 0 amide bonds. The maximum Gasteiger partial charge on any atom is 0.155 e. The zero-order valence-corrected chi connectivity index (χ0v) is 8.19. The van der Waals surface area contributed by atoms with Crippen molar-refractivity contribution in [2.75, 3.05) is 12.3 Å². The molecule has 0 aliphatic carbocycles. The van der Waals surface area contributed by atoms with E-state index in [1.807, 2.05) is 5.48 Å². The molecule has 12 heavy (non-hydrogen) atoms. The van der Waals surface area contributed by atoms with Crippen molar-refractivity contribution in [2.45, 2.75) is 25.0 Å². The molecule has 0 bridgehead atoms. The van der Waals surface area contributed by atoms with E-state index in [2.05, 4.69) is 0 Å². The normalized spacial score (nSPS) is 32.1. The summed E-state index contributed by atoms with van der Waals surface area (Å²) in [6, 6.07) is 0. The van der Waals surface area contributed by atoms with Crippen LogP contribution in [0.3, 0.4) is 0 Å². The molecule has 1 saturated heterocycles. The van der Waals surface area contributed by atoms with Gasteiger partial charge in [-0.15, -0.1) is 0 Å². The van der Waals surface area contributed by atoms with E-state index in [0.29, 0.717) is 13.0 Å². The molecule has 0 spiro atoms. The first-order valence-corrected chi connectivity index (χ1v) is 5.66. The van der Waals surface area contributed by atoms with Crippen molar-refractivity contribution in [1.82, 2.24) is 5.48 Å². The molecule has 0 saturated carbocycles. The summed E-state index contributed by atoms with van der Waals surface area (Å²) >= 11 is 0. The van der Waals surface area contributed by atoms with Crippen molar-refractivity contribution in [1.29, 1.82) is 0 Å². The summed E-state index contributed by atoms with van der Waals surface area (Å²) in [6.07, 6.45) is 0.642. The molecule has 0 aromatic rings. The van der Waals surface area contributed by atoms with Crippen LogP contribution < -0.4 is 5.48 Å². The molecule has 0 radical (unpaired) electrons. The van der Waals surface area contributed by atoms with Gasteiger partial charge in [-0.05, 0) is 26.2 Å². The van der Waals surface area contributed by atoms with Gasteiger partial charge in [-0.1, -0.05) is 0 Å². The van der Waals surface area contributed by atoms with E-state index in [9.17, 15) is 8.42 Å². The van der Waals surface area contributed by atoms with Crippen LogP contribution in [-0.4, -0.2) is 30.7 Å². The Bertz CT molecular complexity index is 258. The highest BCUT2D eigenvalue weighted by Crippen LogP contribution is 2.36. The summed E-state index contributed by atoms with van der Waals surface area (Å²) < 4.78 is 22.2. The Morgan fingerprint density at radius 2 is 2.17 bits per heavy atom. The summed E-state index contributed by atoms with van der Waals surface area (Å²) in [7, 11) is -2.95. The fourth-order valence-electron chi connectivity index (χ4n) is 1.62. The molecule has 0 aromatic carbocycles. The monoisotopic (exact) mass is 193 g/mol. The third-order valence-electron chi connectivity index (χ3n) is 2.86. The number of rotatable bonds is 2. The first-order valence-electron chi connectivity index (χ1n) is 4.01. The van der Waals surface area contributed by atoms with E-state index in [0.717, 1.165) is 0 Å². The summed E-state index contributed by atoms with van der Waals surface area (Å²) in [5.41, 5.74) is 2.04. The van der Waals surface area contributed by atoms with Gasteiger partial charge < -0.3 is 5.21 Å². The fraction of sp³-hybridized carbons (Fsp3) is 1.00. The smallest absolute Gasteiger partial charge is 0.155 e. The Morgan fingerprint density at radius 3 is 2.50 bits per heavy atom. The van der Waals surface area contributed by atoms with Crippen LogP contribution in [0.1, 0.15) is 20.3 Å². The molecule has 1 atom stereocenters. The highest BCUT2D eigenvalue weighted by molar-refractivity contribution is 7.93. The number of nitrogens with one attached hydrogen (secondary N) is 1. The Kier molecular flexibility index (Phi) is 2.47. The second kappa shape index (κ2) is 2.97. The highest BCUT2D eigenvalue weighted by Gasteiger charge is 2.46. The molecule has 1 rings (SSSR count). The lowest BCUT2D eigenvalue weighted by Gasteiger charge is -2.24. The van der Waals surface area contributed by atoms with Crippen LogP contribution in [0.25, 0.3) is 0 Å². The van der Waals surface area contributed by atoms with Gasteiger partial charge in [-0.25, -0.2) is 13.9 Å². The second-order valence-corrected chi connectivity index (χ2v) is 6.46. The molecule has 1 heterocycles. The van der Waals surface area contributed by atoms with Gasteiger partial charge in [0.25, 0.3) is 0 Å². The Labute approximate surface area is 72.8 Å². The number of hydrogen-bond donors (Lipinski definition) is 2. The molecule has 5 heteroatoms. The molecule has 1 unspecified atom stereocenters. The van der Waals surface area contributed by atoms with E-state index >= 15 is 0 Å². The average molecular weight is 193 g/mol. The maximum absolute atomic E-state index is 11.5. The van der Waals surface area contributed by atoms with Crippen molar-refractivity contribution < 1.29 is 13.6 Å². The van der Waals surface area contributed by atoms with Crippen LogP contribution in [-0.2, 0) is 9.84 Å². The zero-order chi connectivity index (χ0) is 9.41. The Morgan fingerprint density at radius 1 is 1.58 bits per heavy atom. The van der Waals surface area contributed by atoms with E-state index in [1.54, 1.807) is 13.8 Å². The van der Waals surface area contributed by atoms with Crippen LogP contribution >= 0.6 is 0 Å². The highest BCUT2D eigenvalue weighted by atomic mass is 32.2. The molecule has 1 fully saturated rings. The minimum atomic E-state index is -2.95. The van der Waals surface area contributed by atoms with Gasteiger partial charge in [0.05, 0.1) is 10.5 Å². The Balaban J connectivity index is 2.86. The van der Waals surface area contributed by atoms with Gasteiger partial charge in [-0.2, -0.15) is 0 Å². The van der Waals surface area contributed by atoms with Crippen LogP contribution in [0.5, 0.6) is 0 Å². The third kappa shape index (κ3) is 1.36. The van der Waals surface area contributed by atoms with Gasteiger partial charge in [0.2, 0.25) is 0 Å². The lowest BCUT2D eigenvalue weighted by Crippen LogP contribution is -2.38. The first-order chi connectivity index (χ1) is 5.42. The van der Waals surface area contributed by atoms with Crippen LogP contribution in [0.4, 0.5) is 0 Å². The van der Waals surface area contributed by atoms with Gasteiger partial charge in [0.15, 0.2) is 9.84 Å². The largest absolute Gasteiger partial charge is 0.317 e. The molecule has 72 valence electrons. The van der Waals surface area contributed by atoms with Crippen molar-refractivity contribution in [3.8, 4) is 0 Å². The molecule has 2 N–H and O–H groups in total. The maximum atomic E-state index is 11.5. The van der Waals surface area contributed by atoms with E-state index < -0.39 is 14.6 Å². The minimum absolute atomic E-state index is 0.0208. The van der Waals surface area contributed by atoms with Crippen molar-refractivity contribution in [3.63, 3.8) is 0 Å². The minimum Gasteiger partial charge on any atom is -0.317 e. The lowest BCUT2D eigenvalue weighted by atomic mass is 9.93. The summed E-state index contributed by atoms with van der Waals surface area (Å²) in [6.45, 7) is 3.79. The first kappa shape index (κ1) is 9.95. The van der Waals surface area contributed by atoms with Crippen molar-refractivity contribution >= 4 is 9.84 Å². The van der Waals surface area contributed by atoms with Gasteiger partial charge >= 0.3 is 0 Å². The van der Waals surface area contributed by atoms with Crippen molar-refractivity contribution in [3.05, 3.63) is 0 Å². The SMILES string of the molecule is CC1(C)C(CNO)CCS1(=O)=O. The molecule has 0 aromatic heterocycles. The van der Waals surface area contributed by atoms with E-state index in [4.69, 9.17) is 5.21 Å². The number of hydroxylamine groups is 1. The topological polar surface area (TPSA) is 66.4 Å². The second-order valence-electron chi connectivity index (χ2n) is 3.77. The van der Waals surface area contributed by atoms with Crippen LogP contribution in [0, 0.1) is 5.92 Å². The predicted molar refractivity (Wildman–Crippen MR) is 45.8 cm³/mol. The quantitative estimate of drug-likeness (QED) is 0.614. The molecular formula is C7H15NO3S. The predicted octanol–water partition coefficient (Wildman–Crippen LogP) is 0.179. The molecule has 4 nitrogen and oxygen atoms in total.